The molecular weight excluding hydrogens is 332 g/mol. The Morgan fingerprint density at radius 3 is 2.62 bits per heavy atom. The van der Waals surface area contributed by atoms with Gasteiger partial charge in [0.05, 0.1) is 0 Å². The number of hydrogen-bond donors (Lipinski definition) is 1. The normalized spacial score (nSPS) is 24.9. The minimum absolute atomic E-state index is 0.0556. The zero-order valence-electron chi connectivity index (χ0n) is 15.2. The van der Waals surface area contributed by atoms with Crippen LogP contribution in [0.25, 0.3) is 0 Å². The van der Waals surface area contributed by atoms with Crippen molar-refractivity contribution in [1.29, 1.82) is 0 Å². The second-order valence-corrected chi connectivity index (χ2v) is 8.01. The van der Waals surface area contributed by atoms with Crippen molar-refractivity contribution >= 4 is 17.7 Å². The standard InChI is InChI=1S/C19H26N4O3/c1-2-14-9-16(21-12-20-14)22-7-5-19(6-8-22)10-15(18(25)26)23(11-19)17(24)13-3-4-13/h9,12-13,15H,2-8,10-11H2,1H3,(H,25,26)/t15-/m1/s1. The average molecular weight is 358 g/mol. The number of aromatic nitrogens is 2. The van der Waals surface area contributed by atoms with Gasteiger partial charge in [-0.3, -0.25) is 4.79 Å². The summed E-state index contributed by atoms with van der Waals surface area (Å²) in [7, 11) is 0. The molecular formula is C19H26N4O3. The van der Waals surface area contributed by atoms with Gasteiger partial charge in [0.15, 0.2) is 0 Å². The van der Waals surface area contributed by atoms with Gasteiger partial charge in [-0.2, -0.15) is 0 Å². The molecule has 7 nitrogen and oxygen atoms in total. The topological polar surface area (TPSA) is 86.6 Å². The predicted molar refractivity (Wildman–Crippen MR) is 95.8 cm³/mol. The summed E-state index contributed by atoms with van der Waals surface area (Å²) < 4.78 is 0. The van der Waals surface area contributed by atoms with E-state index in [0.29, 0.717) is 13.0 Å². The Morgan fingerprint density at radius 2 is 2.00 bits per heavy atom. The minimum Gasteiger partial charge on any atom is -0.480 e. The summed E-state index contributed by atoms with van der Waals surface area (Å²) >= 11 is 0. The van der Waals surface area contributed by atoms with Crippen LogP contribution in [-0.2, 0) is 16.0 Å². The minimum atomic E-state index is -0.860. The Hall–Kier alpha value is -2.18. The second-order valence-electron chi connectivity index (χ2n) is 8.01. The van der Waals surface area contributed by atoms with E-state index in [4.69, 9.17) is 0 Å². The number of aryl methyl sites for hydroxylation is 1. The fraction of sp³-hybridized carbons (Fsp3) is 0.684. The van der Waals surface area contributed by atoms with E-state index in [-0.39, 0.29) is 17.2 Å². The van der Waals surface area contributed by atoms with Crippen LogP contribution in [0.5, 0.6) is 0 Å². The van der Waals surface area contributed by atoms with Crippen molar-refractivity contribution < 1.29 is 14.7 Å². The average Bonchev–Trinajstić information content (AvgIpc) is 3.44. The molecule has 7 heteroatoms. The molecule has 1 aliphatic carbocycles. The molecule has 1 amide bonds. The lowest BCUT2D eigenvalue weighted by molar-refractivity contribution is -0.148. The van der Waals surface area contributed by atoms with Gasteiger partial charge in [-0.15, -0.1) is 0 Å². The van der Waals surface area contributed by atoms with Crippen LogP contribution in [0.2, 0.25) is 0 Å². The third-order valence-electron chi connectivity index (χ3n) is 6.22. The molecule has 1 aromatic rings. The molecule has 3 fully saturated rings. The fourth-order valence-corrected chi connectivity index (χ4v) is 4.40. The lowest BCUT2D eigenvalue weighted by Crippen LogP contribution is -2.43. The number of nitrogens with zero attached hydrogens (tertiary/aromatic N) is 4. The molecule has 1 aromatic heterocycles. The van der Waals surface area contributed by atoms with E-state index in [9.17, 15) is 14.7 Å². The lowest BCUT2D eigenvalue weighted by atomic mass is 9.76. The van der Waals surface area contributed by atoms with Gasteiger partial charge in [0.25, 0.3) is 0 Å². The number of hydrogen-bond acceptors (Lipinski definition) is 5. The highest BCUT2D eigenvalue weighted by Crippen LogP contribution is 2.46. The van der Waals surface area contributed by atoms with E-state index in [1.165, 1.54) is 0 Å². The largest absolute Gasteiger partial charge is 0.480 e. The maximum absolute atomic E-state index is 12.5. The molecule has 2 aliphatic heterocycles. The van der Waals surface area contributed by atoms with Crippen LogP contribution in [0.15, 0.2) is 12.4 Å². The number of anilines is 1. The quantitative estimate of drug-likeness (QED) is 0.882. The van der Waals surface area contributed by atoms with Gasteiger partial charge in [-0.25, -0.2) is 14.8 Å². The van der Waals surface area contributed by atoms with Gasteiger partial charge in [0.2, 0.25) is 5.91 Å². The molecule has 1 N–H and O–H groups in total. The molecule has 3 aliphatic rings. The number of carboxylic acid groups (broad SMARTS) is 1. The monoisotopic (exact) mass is 358 g/mol. The summed E-state index contributed by atoms with van der Waals surface area (Å²) in [5.74, 6) is 0.216. The highest BCUT2D eigenvalue weighted by Gasteiger charge is 2.51. The molecule has 26 heavy (non-hydrogen) atoms. The summed E-state index contributed by atoms with van der Waals surface area (Å²) in [5.41, 5.74) is 0.966. The Balaban J connectivity index is 1.45. The van der Waals surface area contributed by atoms with Gasteiger partial charge in [0, 0.05) is 37.3 Å². The highest BCUT2D eigenvalue weighted by molar-refractivity contribution is 5.87. The van der Waals surface area contributed by atoms with Crippen molar-refractivity contribution in [3.8, 4) is 0 Å². The first kappa shape index (κ1) is 17.2. The van der Waals surface area contributed by atoms with Gasteiger partial charge in [-0.1, -0.05) is 6.92 Å². The Kier molecular flexibility index (Phi) is 4.32. The van der Waals surface area contributed by atoms with E-state index >= 15 is 0 Å². The number of carbonyl (C=O) groups excluding carboxylic acids is 1. The first-order valence-corrected chi connectivity index (χ1v) is 9.60. The first-order chi connectivity index (χ1) is 12.5. The van der Waals surface area contributed by atoms with E-state index in [1.54, 1.807) is 11.2 Å². The van der Waals surface area contributed by atoms with Crippen molar-refractivity contribution in [1.82, 2.24) is 14.9 Å². The summed E-state index contributed by atoms with van der Waals surface area (Å²) in [6, 6.07) is 1.38. The first-order valence-electron chi connectivity index (χ1n) is 9.60. The number of carboxylic acids is 1. The Labute approximate surface area is 153 Å². The van der Waals surface area contributed by atoms with Crippen LogP contribution < -0.4 is 4.90 Å². The summed E-state index contributed by atoms with van der Waals surface area (Å²) in [6.45, 7) is 4.36. The zero-order valence-corrected chi connectivity index (χ0v) is 15.2. The summed E-state index contributed by atoms with van der Waals surface area (Å²) in [4.78, 5) is 36.8. The molecule has 0 unspecified atom stereocenters. The number of likely N-dealkylation sites (tertiary alicyclic amines) is 1. The molecule has 4 rings (SSSR count). The van der Waals surface area contributed by atoms with Crippen molar-refractivity contribution in [2.75, 3.05) is 24.5 Å². The Morgan fingerprint density at radius 1 is 1.27 bits per heavy atom. The molecule has 0 aromatic carbocycles. The number of carbonyl (C=O) groups is 2. The van der Waals surface area contributed by atoms with Gasteiger partial charge in [0.1, 0.15) is 18.2 Å². The van der Waals surface area contributed by atoms with Gasteiger partial charge in [-0.05, 0) is 43.9 Å². The SMILES string of the molecule is CCc1cc(N2CCC3(CC2)C[C@H](C(=O)O)N(C(=O)C2CC2)C3)ncn1. The number of amides is 1. The molecule has 140 valence electrons. The van der Waals surface area contributed by atoms with Crippen LogP contribution in [0.3, 0.4) is 0 Å². The second kappa shape index (κ2) is 6.52. The van der Waals surface area contributed by atoms with Crippen molar-refractivity contribution in [2.45, 2.75) is 51.5 Å². The molecule has 0 radical (unpaired) electrons. The summed E-state index contributed by atoms with van der Waals surface area (Å²) in [6.07, 6.45) is 6.70. The Bertz CT molecular complexity index is 710. The molecule has 1 spiro atoms. The predicted octanol–water partition coefficient (Wildman–Crippen LogP) is 1.72. The zero-order chi connectivity index (χ0) is 18.3. The van der Waals surface area contributed by atoms with Crippen molar-refractivity contribution in [2.24, 2.45) is 11.3 Å². The van der Waals surface area contributed by atoms with Crippen LogP contribution >= 0.6 is 0 Å². The van der Waals surface area contributed by atoms with Gasteiger partial charge >= 0.3 is 5.97 Å². The van der Waals surface area contributed by atoms with E-state index < -0.39 is 12.0 Å². The van der Waals surface area contributed by atoms with E-state index in [2.05, 4.69) is 21.8 Å². The molecule has 1 atom stereocenters. The van der Waals surface area contributed by atoms with E-state index in [0.717, 1.165) is 56.7 Å². The van der Waals surface area contributed by atoms with Crippen molar-refractivity contribution in [3.05, 3.63) is 18.1 Å². The number of piperidine rings is 1. The third-order valence-corrected chi connectivity index (χ3v) is 6.22. The molecule has 2 saturated heterocycles. The maximum Gasteiger partial charge on any atom is 0.326 e. The van der Waals surface area contributed by atoms with Crippen LogP contribution in [0, 0.1) is 11.3 Å². The van der Waals surface area contributed by atoms with Crippen molar-refractivity contribution in [3.63, 3.8) is 0 Å². The van der Waals surface area contributed by atoms with Crippen LogP contribution in [-0.4, -0.2) is 57.5 Å². The smallest absolute Gasteiger partial charge is 0.326 e. The van der Waals surface area contributed by atoms with Crippen LogP contribution in [0.4, 0.5) is 5.82 Å². The number of rotatable bonds is 4. The molecule has 3 heterocycles. The third kappa shape index (κ3) is 3.15. The molecule has 0 bridgehead atoms. The van der Waals surface area contributed by atoms with Gasteiger partial charge < -0.3 is 14.9 Å². The number of aliphatic carboxylic acids is 1. The fourth-order valence-electron chi connectivity index (χ4n) is 4.40. The van der Waals surface area contributed by atoms with Crippen LogP contribution in [0.1, 0.15) is 44.7 Å². The maximum atomic E-state index is 12.5. The lowest BCUT2D eigenvalue weighted by Gasteiger charge is -2.39. The molecule has 1 saturated carbocycles. The summed E-state index contributed by atoms with van der Waals surface area (Å²) in [5, 5.41) is 9.62. The van der Waals surface area contributed by atoms with E-state index in [1.807, 2.05) is 6.07 Å². The highest BCUT2D eigenvalue weighted by atomic mass is 16.4.